The Hall–Kier alpha value is -2.35. The second kappa shape index (κ2) is 7.11. The van der Waals surface area contributed by atoms with E-state index in [1.807, 2.05) is 4.90 Å². The summed E-state index contributed by atoms with van der Waals surface area (Å²) < 4.78 is 10.8. The highest BCUT2D eigenvalue weighted by molar-refractivity contribution is 5.90. The summed E-state index contributed by atoms with van der Waals surface area (Å²) >= 11 is 0. The Morgan fingerprint density at radius 1 is 1.31 bits per heavy atom. The number of carbonyl (C=O) groups excluding carboxylic acids is 1. The number of amides is 1. The maximum atomic E-state index is 12.6. The first-order valence-corrected chi connectivity index (χ1v) is 9.11. The van der Waals surface area contributed by atoms with Gasteiger partial charge in [-0.3, -0.25) is 4.79 Å². The van der Waals surface area contributed by atoms with Crippen molar-refractivity contribution < 1.29 is 14.1 Å². The zero-order chi connectivity index (χ0) is 18.0. The van der Waals surface area contributed by atoms with Crippen LogP contribution in [0.2, 0.25) is 0 Å². The van der Waals surface area contributed by atoms with E-state index >= 15 is 0 Å². The average Bonchev–Trinajstić information content (AvgIpc) is 3.43. The predicted octanol–water partition coefficient (Wildman–Crippen LogP) is 1.95. The summed E-state index contributed by atoms with van der Waals surface area (Å²) in [7, 11) is 1.70. The van der Waals surface area contributed by atoms with E-state index in [1.165, 1.54) is 0 Å². The lowest BCUT2D eigenvalue weighted by atomic mass is 9.75. The first-order valence-electron chi connectivity index (χ1n) is 9.11. The monoisotopic (exact) mass is 357 g/mol. The number of aromatic nitrogens is 4. The molecule has 2 aliphatic rings. The molecule has 3 heterocycles. The van der Waals surface area contributed by atoms with Crippen LogP contribution in [0.4, 0.5) is 0 Å². The molecular formula is C18H23N5O3. The van der Waals surface area contributed by atoms with Crippen molar-refractivity contribution in [2.75, 3.05) is 26.8 Å². The summed E-state index contributed by atoms with van der Waals surface area (Å²) in [5.74, 6) is 2.07. The molecule has 0 spiro atoms. The smallest absolute Gasteiger partial charge is 0.291 e. The van der Waals surface area contributed by atoms with Gasteiger partial charge < -0.3 is 14.2 Å². The molecule has 2 fully saturated rings. The topological polar surface area (TPSA) is 94.2 Å². The molecule has 0 bridgehead atoms. The highest BCUT2D eigenvalue weighted by Gasteiger charge is 2.42. The van der Waals surface area contributed by atoms with E-state index in [0.717, 1.165) is 43.8 Å². The highest BCUT2D eigenvalue weighted by atomic mass is 16.5. The molecule has 8 heteroatoms. The van der Waals surface area contributed by atoms with Crippen LogP contribution >= 0.6 is 0 Å². The predicted molar refractivity (Wildman–Crippen MR) is 91.6 cm³/mol. The number of likely N-dealkylation sites (tertiary alicyclic amines) is 1. The first-order chi connectivity index (χ1) is 12.7. The molecule has 8 nitrogen and oxygen atoms in total. The number of ether oxygens (including phenoxy) is 1. The van der Waals surface area contributed by atoms with Gasteiger partial charge in [-0.05, 0) is 38.2 Å². The van der Waals surface area contributed by atoms with Gasteiger partial charge in [0, 0.05) is 50.5 Å². The molecule has 0 radical (unpaired) electrons. The summed E-state index contributed by atoms with van der Waals surface area (Å²) in [6, 6.07) is 1.70. The Bertz CT molecular complexity index is 751. The molecule has 0 atom stereocenters. The number of hydrogen-bond acceptors (Lipinski definition) is 7. The van der Waals surface area contributed by atoms with Gasteiger partial charge in [-0.25, -0.2) is 9.97 Å². The third-order valence-corrected chi connectivity index (χ3v) is 5.39. The van der Waals surface area contributed by atoms with Gasteiger partial charge in [-0.1, -0.05) is 5.16 Å². The lowest BCUT2D eigenvalue weighted by molar-refractivity contribution is 0.0604. The third-order valence-electron chi connectivity index (χ3n) is 5.39. The van der Waals surface area contributed by atoms with E-state index in [9.17, 15) is 4.79 Å². The van der Waals surface area contributed by atoms with Gasteiger partial charge in [0.25, 0.3) is 5.91 Å². The fourth-order valence-electron chi connectivity index (χ4n) is 3.52. The minimum Gasteiger partial charge on any atom is -0.385 e. The fraction of sp³-hybridized carbons (Fsp3) is 0.611. The molecule has 0 N–H and O–H groups in total. The Balaban J connectivity index is 1.49. The molecule has 1 saturated carbocycles. The molecule has 138 valence electrons. The van der Waals surface area contributed by atoms with Crippen LogP contribution in [0.1, 0.15) is 60.4 Å². The number of nitrogens with zero attached hydrogens (tertiary/aromatic N) is 5. The molecule has 0 unspecified atom stereocenters. The van der Waals surface area contributed by atoms with Crippen molar-refractivity contribution in [1.82, 2.24) is 25.0 Å². The van der Waals surface area contributed by atoms with Crippen LogP contribution in [0.15, 0.2) is 23.0 Å². The van der Waals surface area contributed by atoms with Crippen LogP contribution in [0.25, 0.3) is 0 Å². The lowest BCUT2D eigenvalue weighted by Gasteiger charge is -2.39. The van der Waals surface area contributed by atoms with Crippen molar-refractivity contribution in [2.24, 2.45) is 0 Å². The van der Waals surface area contributed by atoms with Crippen LogP contribution in [0.5, 0.6) is 0 Å². The zero-order valence-electron chi connectivity index (χ0n) is 14.9. The largest absolute Gasteiger partial charge is 0.385 e. The Kier molecular flexibility index (Phi) is 4.67. The summed E-state index contributed by atoms with van der Waals surface area (Å²) in [5, 5.41) is 4.28. The number of methoxy groups -OCH3 is 1. The van der Waals surface area contributed by atoms with E-state index in [4.69, 9.17) is 9.26 Å². The third kappa shape index (κ3) is 3.33. The lowest BCUT2D eigenvalue weighted by Crippen LogP contribution is -2.46. The highest BCUT2D eigenvalue weighted by Crippen LogP contribution is 2.42. The fourth-order valence-corrected chi connectivity index (χ4v) is 3.52. The summed E-state index contributed by atoms with van der Waals surface area (Å²) in [5.41, 5.74) is -0.207. The minimum absolute atomic E-state index is 0.127. The van der Waals surface area contributed by atoms with Gasteiger partial charge in [-0.15, -0.1) is 0 Å². The quantitative estimate of drug-likeness (QED) is 0.780. The van der Waals surface area contributed by atoms with Gasteiger partial charge in [0.15, 0.2) is 5.82 Å². The molecular weight excluding hydrogens is 334 g/mol. The molecule has 1 aliphatic carbocycles. The molecule has 4 rings (SSSR count). The minimum atomic E-state index is -0.207. The molecule has 2 aromatic heterocycles. The SMILES string of the molecule is COCCC1(c2noc(C3CC3)n2)CCN(C(=O)c2ncccn2)CC1. The second-order valence-corrected chi connectivity index (χ2v) is 7.12. The Morgan fingerprint density at radius 2 is 2.04 bits per heavy atom. The molecule has 26 heavy (non-hydrogen) atoms. The van der Waals surface area contributed by atoms with Gasteiger partial charge in [-0.2, -0.15) is 4.98 Å². The summed E-state index contributed by atoms with van der Waals surface area (Å²) in [6.45, 7) is 1.87. The second-order valence-electron chi connectivity index (χ2n) is 7.12. The summed E-state index contributed by atoms with van der Waals surface area (Å²) in [6.07, 6.45) is 7.81. The first kappa shape index (κ1) is 17.1. The van der Waals surface area contributed by atoms with Crippen molar-refractivity contribution in [1.29, 1.82) is 0 Å². The maximum absolute atomic E-state index is 12.6. The maximum Gasteiger partial charge on any atom is 0.291 e. The van der Waals surface area contributed by atoms with Crippen molar-refractivity contribution in [3.8, 4) is 0 Å². The van der Waals surface area contributed by atoms with Gasteiger partial charge in [0.05, 0.1) is 0 Å². The molecule has 1 saturated heterocycles. The Labute approximate surface area is 152 Å². The van der Waals surface area contributed by atoms with Gasteiger partial charge in [0.2, 0.25) is 11.7 Å². The average molecular weight is 357 g/mol. The number of rotatable bonds is 6. The van der Waals surface area contributed by atoms with Crippen LogP contribution in [0, 0.1) is 0 Å². The molecule has 1 amide bonds. The Morgan fingerprint density at radius 3 is 2.69 bits per heavy atom. The molecule has 2 aromatic rings. The van der Waals surface area contributed by atoms with Crippen LogP contribution in [-0.2, 0) is 10.2 Å². The number of piperidine rings is 1. The van der Waals surface area contributed by atoms with Crippen molar-refractivity contribution in [3.63, 3.8) is 0 Å². The summed E-state index contributed by atoms with van der Waals surface area (Å²) in [4.78, 5) is 27.2. The van der Waals surface area contributed by atoms with Gasteiger partial charge in [0.1, 0.15) is 0 Å². The van der Waals surface area contributed by atoms with E-state index in [1.54, 1.807) is 25.6 Å². The van der Waals surface area contributed by atoms with E-state index < -0.39 is 0 Å². The zero-order valence-corrected chi connectivity index (χ0v) is 14.9. The van der Waals surface area contributed by atoms with Crippen molar-refractivity contribution in [3.05, 3.63) is 36.0 Å². The molecule has 1 aliphatic heterocycles. The number of hydrogen-bond donors (Lipinski definition) is 0. The van der Waals surface area contributed by atoms with E-state index in [-0.39, 0.29) is 17.1 Å². The standard InChI is InChI=1S/C18H23N5O3/c1-25-12-7-18(17-21-15(26-22-17)13-3-4-13)5-10-23(11-6-18)16(24)14-19-8-2-9-20-14/h2,8-9,13H,3-7,10-12H2,1H3. The van der Waals surface area contributed by atoms with E-state index in [2.05, 4.69) is 20.1 Å². The van der Waals surface area contributed by atoms with Crippen LogP contribution in [0.3, 0.4) is 0 Å². The van der Waals surface area contributed by atoms with E-state index in [0.29, 0.717) is 25.6 Å². The van der Waals surface area contributed by atoms with Crippen molar-refractivity contribution >= 4 is 5.91 Å². The number of carbonyl (C=O) groups is 1. The van der Waals surface area contributed by atoms with Gasteiger partial charge >= 0.3 is 0 Å². The van der Waals surface area contributed by atoms with Crippen molar-refractivity contribution in [2.45, 2.75) is 43.4 Å². The van der Waals surface area contributed by atoms with Crippen LogP contribution < -0.4 is 0 Å². The normalized spacial score (nSPS) is 19.5. The van der Waals surface area contributed by atoms with Crippen LogP contribution in [-0.4, -0.2) is 57.7 Å². The molecule has 0 aromatic carbocycles.